The molecule has 0 atom stereocenters. The zero-order valence-corrected chi connectivity index (χ0v) is 15.5. The van der Waals surface area contributed by atoms with Crippen LogP contribution < -0.4 is 15.4 Å². The number of aromatic nitrogens is 2. The fourth-order valence-electron chi connectivity index (χ4n) is 2.37. The summed E-state index contributed by atoms with van der Waals surface area (Å²) in [6, 6.07) is 13.8. The number of ether oxygens (including phenoxy) is 1. The van der Waals surface area contributed by atoms with E-state index in [9.17, 15) is 8.78 Å². The number of anilines is 2. The van der Waals surface area contributed by atoms with Crippen LogP contribution in [0.25, 0.3) is 0 Å². The fraction of sp³-hybridized carbons (Fsp3) is 0.111. The molecule has 0 saturated heterocycles. The second-order valence-electron chi connectivity index (χ2n) is 5.47. The third-order valence-corrected chi connectivity index (χ3v) is 4.11. The zero-order valence-electron chi connectivity index (χ0n) is 13.9. The van der Waals surface area contributed by atoms with Crippen molar-refractivity contribution < 1.29 is 13.5 Å². The largest absolute Gasteiger partial charge is 0.433 e. The van der Waals surface area contributed by atoms with Gasteiger partial charge in [-0.2, -0.15) is 13.9 Å². The Morgan fingerprint density at radius 1 is 1.15 bits per heavy atom. The molecule has 2 aromatic carbocycles. The minimum Gasteiger partial charge on any atom is -0.433 e. The van der Waals surface area contributed by atoms with Crippen LogP contribution in [0.1, 0.15) is 5.56 Å². The number of nitrogens with one attached hydrogen (secondary N) is 2. The minimum absolute atomic E-state index is 0.00562. The summed E-state index contributed by atoms with van der Waals surface area (Å²) in [6.07, 6.45) is 3.37. The van der Waals surface area contributed by atoms with Crippen LogP contribution >= 0.6 is 23.8 Å². The predicted octanol–water partition coefficient (Wildman–Crippen LogP) is 5.00. The summed E-state index contributed by atoms with van der Waals surface area (Å²) in [4.78, 5) is 0. The van der Waals surface area contributed by atoms with E-state index in [-0.39, 0.29) is 10.9 Å². The van der Waals surface area contributed by atoms with Crippen molar-refractivity contribution in [3.63, 3.8) is 0 Å². The van der Waals surface area contributed by atoms with Gasteiger partial charge in [0.05, 0.1) is 24.1 Å². The molecule has 3 rings (SSSR count). The number of thiocarbonyl (C=S) groups is 1. The lowest BCUT2D eigenvalue weighted by Crippen LogP contribution is -2.19. The van der Waals surface area contributed by atoms with Crippen LogP contribution in [0.3, 0.4) is 0 Å². The molecule has 0 fully saturated rings. The number of para-hydroxylation sites is 2. The Morgan fingerprint density at radius 3 is 2.67 bits per heavy atom. The van der Waals surface area contributed by atoms with Gasteiger partial charge >= 0.3 is 6.61 Å². The zero-order chi connectivity index (χ0) is 19.2. The van der Waals surface area contributed by atoms with Crippen LogP contribution in [0.5, 0.6) is 5.75 Å². The highest BCUT2D eigenvalue weighted by Crippen LogP contribution is 2.25. The lowest BCUT2D eigenvalue weighted by Gasteiger charge is -2.13. The van der Waals surface area contributed by atoms with Gasteiger partial charge in [0.1, 0.15) is 5.75 Å². The molecule has 0 aliphatic rings. The second kappa shape index (κ2) is 8.79. The van der Waals surface area contributed by atoms with Gasteiger partial charge in [-0.25, -0.2) is 0 Å². The smallest absolute Gasteiger partial charge is 0.387 e. The van der Waals surface area contributed by atoms with E-state index in [4.69, 9.17) is 23.8 Å². The van der Waals surface area contributed by atoms with Gasteiger partial charge in [-0.15, -0.1) is 0 Å². The Labute approximate surface area is 164 Å². The molecule has 0 aliphatic carbocycles. The number of benzene rings is 2. The Hall–Kier alpha value is -2.71. The van der Waals surface area contributed by atoms with Gasteiger partial charge in [-0.05, 0) is 36.0 Å². The van der Waals surface area contributed by atoms with E-state index in [1.54, 1.807) is 35.3 Å². The van der Waals surface area contributed by atoms with Crippen molar-refractivity contribution >= 4 is 40.3 Å². The number of halogens is 3. The van der Waals surface area contributed by atoms with Crippen LogP contribution in [0, 0.1) is 0 Å². The maximum absolute atomic E-state index is 12.5. The Balaban J connectivity index is 1.62. The van der Waals surface area contributed by atoms with Gasteiger partial charge in [0.25, 0.3) is 0 Å². The van der Waals surface area contributed by atoms with Crippen molar-refractivity contribution in [2.75, 3.05) is 10.6 Å². The molecule has 0 spiro atoms. The summed E-state index contributed by atoms with van der Waals surface area (Å²) in [6.45, 7) is -2.41. The molecular weight excluding hydrogens is 394 g/mol. The summed E-state index contributed by atoms with van der Waals surface area (Å²) in [5.74, 6) is 0.00562. The lowest BCUT2D eigenvalue weighted by molar-refractivity contribution is -0.0493. The lowest BCUT2D eigenvalue weighted by atomic mass is 10.2. The highest BCUT2D eigenvalue weighted by atomic mass is 35.5. The molecule has 0 unspecified atom stereocenters. The van der Waals surface area contributed by atoms with Crippen LogP contribution in [0.4, 0.5) is 20.2 Å². The topological polar surface area (TPSA) is 51.1 Å². The summed E-state index contributed by atoms with van der Waals surface area (Å²) < 4.78 is 31.1. The Morgan fingerprint density at radius 2 is 1.89 bits per heavy atom. The highest BCUT2D eigenvalue weighted by molar-refractivity contribution is 7.80. The van der Waals surface area contributed by atoms with Gasteiger partial charge in [0.15, 0.2) is 5.11 Å². The molecule has 3 aromatic rings. The van der Waals surface area contributed by atoms with E-state index in [2.05, 4.69) is 20.5 Å². The molecule has 0 bridgehead atoms. The first-order chi connectivity index (χ1) is 13.0. The first-order valence-electron chi connectivity index (χ1n) is 7.89. The van der Waals surface area contributed by atoms with E-state index in [0.717, 1.165) is 5.56 Å². The normalized spacial score (nSPS) is 10.7. The molecule has 1 aromatic heterocycles. The molecule has 9 heteroatoms. The Bertz CT molecular complexity index is 935. The average molecular weight is 409 g/mol. The van der Waals surface area contributed by atoms with Crippen molar-refractivity contribution in [3.8, 4) is 5.75 Å². The summed E-state index contributed by atoms with van der Waals surface area (Å²) in [5.41, 5.74) is 1.91. The maximum Gasteiger partial charge on any atom is 0.387 e. The molecule has 5 nitrogen and oxygen atoms in total. The number of rotatable bonds is 6. The summed E-state index contributed by atoms with van der Waals surface area (Å²) in [7, 11) is 0. The van der Waals surface area contributed by atoms with Crippen molar-refractivity contribution in [3.05, 3.63) is 71.5 Å². The van der Waals surface area contributed by atoms with Crippen molar-refractivity contribution in [1.29, 1.82) is 0 Å². The third kappa shape index (κ3) is 5.38. The number of alkyl halides is 2. The quantitative estimate of drug-likeness (QED) is 0.562. The molecule has 27 heavy (non-hydrogen) atoms. The molecule has 0 radical (unpaired) electrons. The number of hydrogen-bond acceptors (Lipinski definition) is 3. The van der Waals surface area contributed by atoms with Crippen LogP contribution in [0.15, 0.2) is 60.9 Å². The van der Waals surface area contributed by atoms with E-state index in [1.807, 2.05) is 24.3 Å². The van der Waals surface area contributed by atoms with Gasteiger partial charge < -0.3 is 15.4 Å². The van der Waals surface area contributed by atoms with E-state index < -0.39 is 6.61 Å². The molecular formula is C18H15ClF2N4OS. The molecule has 0 saturated carbocycles. The van der Waals surface area contributed by atoms with Crippen molar-refractivity contribution in [2.24, 2.45) is 0 Å². The van der Waals surface area contributed by atoms with Gasteiger partial charge in [0.2, 0.25) is 0 Å². The SMILES string of the molecule is FC(F)Oc1ccccc1NC(=S)Nc1cnn(Cc2ccccc2Cl)c1. The molecule has 2 N–H and O–H groups in total. The van der Waals surface area contributed by atoms with E-state index in [0.29, 0.717) is 22.9 Å². The highest BCUT2D eigenvalue weighted by Gasteiger charge is 2.10. The maximum atomic E-state index is 12.5. The van der Waals surface area contributed by atoms with E-state index in [1.165, 1.54) is 6.07 Å². The van der Waals surface area contributed by atoms with Gasteiger partial charge in [-0.3, -0.25) is 4.68 Å². The molecule has 0 amide bonds. The molecule has 140 valence electrons. The monoisotopic (exact) mass is 408 g/mol. The van der Waals surface area contributed by atoms with Gasteiger partial charge in [-0.1, -0.05) is 41.9 Å². The molecule has 0 aliphatic heterocycles. The van der Waals surface area contributed by atoms with Crippen LogP contribution in [-0.2, 0) is 6.54 Å². The summed E-state index contributed by atoms with van der Waals surface area (Å²) >= 11 is 11.4. The van der Waals surface area contributed by atoms with Crippen LogP contribution in [0.2, 0.25) is 5.02 Å². The minimum atomic E-state index is -2.92. The van der Waals surface area contributed by atoms with Crippen molar-refractivity contribution in [2.45, 2.75) is 13.2 Å². The summed E-state index contributed by atoms with van der Waals surface area (Å²) in [5, 5.41) is 10.9. The van der Waals surface area contributed by atoms with E-state index >= 15 is 0 Å². The first kappa shape index (κ1) is 19.1. The number of hydrogen-bond donors (Lipinski definition) is 2. The van der Waals surface area contributed by atoms with Crippen molar-refractivity contribution in [1.82, 2.24) is 9.78 Å². The van der Waals surface area contributed by atoms with Gasteiger partial charge in [0, 0.05) is 11.2 Å². The first-order valence-corrected chi connectivity index (χ1v) is 8.67. The Kier molecular flexibility index (Phi) is 6.20. The fourth-order valence-corrected chi connectivity index (χ4v) is 2.79. The number of nitrogens with zero attached hydrogens (tertiary/aromatic N) is 2. The average Bonchev–Trinajstić information content (AvgIpc) is 3.05. The standard InChI is InChI=1S/C18H15ClF2N4OS/c19-14-6-2-1-5-12(14)10-25-11-13(9-22-25)23-18(27)24-15-7-3-4-8-16(15)26-17(20)21/h1-9,11,17H,10H2,(H2,23,24,27). The molecule has 1 heterocycles. The third-order valence-electron chi connectivity index (χ3n) is 3.53. The predicted molar refractivity (Wildman–Crippen MR) is 106 cm³/mol. The second-order valence-corrected chi connectivity index (χ2v) is 6.29. The van der Waals surface area contributed by atoms with Crippen LogP contribution in [-0.4, -0.2) is 21.5 Å².